The average molecular weight is 657 g/mol. The van der Waals surface area contributed by atoms with E-state index in [1.807, 2.05) is 0 Å². The number of carbonyl (C=O) groups excluding carboxylic acids is 2. The van der Waals surface area contributed by atoms with Gasteiger partial charge in [-0.25, -0.2) is 8.42 Å². The second-order valence-electron chi connectivity index (χ2n) is 11.1. The Morgan fingerprint density at radius 1 is 1.07 bits per heavy atom. The fraction of sp³-hybridized carbons (Fsp3) is 0.375. The van der Waals surface area contributed by atoms with Gasteiger partial charge in [-0.3, -0.25) is 24.0 Å². The van der Waals surface area contributed by atoms with E-state index in [1.54, 1.807) is 43.3 Å². The second kappa shape index (κ2) is 14.7. The number of benzene rings is 3. The smallest absolute Gasteiger partial charge is 0.273 e. The van der Waals surface area contributed by atoms with Crippen LogP contribution in [0.15, 0.2) is 71.6 Å². The minimum Gasteiger partial charge on any atom is -0.497 e. The van der Waals surface area contributed by atoms with Gasteiger partial charge in [0.1, 0.15) is 18.3 Å². The maximum absolute atomic E-state index is 14.2. The monoisotopic (exact) mass is 656 g/mol. The van der Waals surface area contributed by atoms with Crippen LogP contribution in [0.25, 0.3) is 0 Å². The third-order valence-electron chi connectivity index (χ3n) is 7.97. The molecule has 2 amide bonds. The highest BCUT2D eigenvalue weighted by Crippen LogP contribution is 2.30. The van der Waals surface area contributed by atoms with Gasteiger partial charge in [0.25, 0.3) is 15.7 Å². The Kier molecular flexibility index (Phi) is 11.1. The molecule has 1 aliphatic carbocycles. The highest BCUT2D eigenvalue weighted by molar-refractivity contribution is 7.92. The van der Waals surface area contributed by atoms with E-state index in [9.17, 15) is 28.1 Å². The summed E-state index contributed by atoms with van der Waals surface area (Å²) in [5.41, 5.74) is 0.708. The van der Waals surface area contributed by atoms with Crippen molar-refractivity contribution in [1.29, 1.82) is 0 Å². The summed E-state index contributed by atoms with van der Waals surface area (Å²) in [7, 11) is -3.04. The van der Waals surface area contributed by atoms with Crippen LogP contribution in [0.3, 0.4) is 0 Å². The van der Waals surface area contributed by atoms with E-state index in [4.69, 9.17) is 16.3 Å². The summed E-state index contributed by atoms with van der Waals surface area (Å²) in [6.45, 7) is 2.42. The van der Waals surface area contributed by atoms with Crippen LogP contribution in [-0.2, 0) is 26.2 Å². The highest BCUT2D eigenvalue weighted by Gasteiger charge is 2.34. The molecule has 13 heteroatoms. The van der Waals surface area contributed by atoms with E-state index in [0.717, 1.165) is 42.5 Å². The number of ether oxygens (including phenoxy) is 1. The van der Waals surface area contributed by atoms with Crippen molar-refractivity contribution in [1.82, 2.24) is 10.2 Å². The zero-order chi connectivity index (χ0) is 32.7. The molecule has 0 unspecified atom stereocenters. The van der Waals surface area contributed by atoms with E-state index < -0.39 is 33.4 Å². The van der Waals surface area contributed by atoms with Crippen LogP contribution >= 0.6 is 11.6 Å². The van der Waals surface area contributed by atoms with Crippen molar-refractivity contribution < 1.29 is 27.7 Å². The molecule has 1 aliphatic rings. The first-order valence-corrected chi connectivity index (χ1v) is 16.5. The number of hydrogen-bond donors (Lipinski definition) is 1. The Morgan fingerprint density at radius 3 is 2.38 bits per heavy atom. The Labute approximate surface area is 268 Å². The number of rotatable bonds is 12. The quantitative estimate of drug-likeness (QED) is 0.197. The maximum Gasteiger partial charge on any atom is 0.273 e. The SMILES string of the molecule is COc1ccc(N(CC(=O)N(Cc2cccc(Cl)c2)[C@H](C)C(=O)NC2CCCCC2)S(=O)(=O)c2ccc(C)c([N+](=O)[O-])c2)cc1. The van der Waals surface area contributed by atoms with Gasteiger partial charge < -0.3 is 15.0 Å². The van der Waals surface area contributed by atoms with Gasteiger partial charge in [-0.2, -0.15) is 0 Å². The van der Waals surface area contributed by atoms with E-state index in [0.29, 0.717) is 16.3 Å². The van der Waals surface area contributed by atoms with Crippen LogP contribution < -0.4 is 14.4 Å². The van der Waals surface area contributed by atoms with Gasteiger partial charge in [0, 0.05) is 29.2 Å². The number of methoxy groups -OCH3 is 1. The topological polar surface area (TPSA) is 139 Å². The second-order valence-corrected chi connectivity index (χ2v) is 13.4. The summed E-state index contributed by atoms with van der Waals surface area (Å²) in [5, 5.41) is 15.1. The number of anilines is 1. The number of halogens is 1. The normalized spacial score (nSPS) is 14.3. The zero-order valence-corrected chi connectivity index (χ0v) is 27.0. The van der Waals surface area contributed by atoms with Crippen LogP contribution in [0, 0.1) is 17.0 Å². The van der Waals surface area contributed by atoms with Crippen molar-refractivity contribution in [3.8, 4) is 5.75 Å². The molecule has 0 radical (unpaired) electrons. The van der Waals surface area contributed by atoms with Crippen LogP contribution in [0.1, 0.15) is 50.2 Å². The van der Waals surface area contributed by atoms with Gasteiger partial charge in [-0.15, -0.1) is 0 Å². The van der Waals surface area contributed by atoms with Gasteiger partial charge in [-0.05, 0) is 74.7 Å². The number of hydrogen-bond acceptors (Lipinski definition) is 7. The van der Waals surface area contributed by atoms with Gasteiger partial charge in [0.2, 0.25) is 11.8 Å². The predicted octanol–water partition coefficient (Wildman–Crippen LogP) is 5.63. The lowest BCUT2D eigenvalue weighted by Crippen LogP contribution is -2.53. The first-order chi connectivity index (χ1) is 21.4. The molecular formula is C32H37ClN4O7S. The standard InChI is InChI=1S/C32H37ClN4O7S/c1-22-12-17-29(19-30(22)37(40)41)45(42,43)36(27-13-15-28(44-3)16-14-27)21-31(38)35(20-24-8-7-9-25(33)18-24)23(2)32(39)34-26-10-5-4-6-11-26/h7-9,12-19,23,26H,4-6,10-11,20-21H2,1-3H3,(H,34,39)/t23-/m1/s1. The van der Waals surface area contributed by atoms with Crippen molar-refractivity contribution in [2.24, 2.45) is 0 Å². The molecule has 0 heterocycles. The van der Waals surface area contributed by atoms with Crippen LogP contribution in [0.5, 0.6) is 5.75 Å². The lowest BCUT2D eigenvalue weighted by atomic mass is 9.95. The van der Waals surface area contributed by atoms with Gasteiger partial charge >= 0.3 is 0 Å². The summed E-state index contributed by atoms with van der Waals surface area (Å²) in [6.07, 6.45) is 4.84. The average Bonchev–Trinajstić information content (AvgIpc) is 3.02. The molecule has 1 saturated carbocycles. The molecule has 1 atom stereocenters. The Hall–Kier alpha value is -4.16. The molecule has 0 aromatic heterocycles. The largest absolute Gasteiger partial charge is 0.497 e. The molecule has 3 aromatic carbocycles. The molecule has 240 valence electrons. The molecule has 3 aromatic rings. The van der Waals surface area contributed by atoms with Crippen molar-refractivity contribution in [2.75, 3.05) is 18.0 Å². The third-order valence-corrected chi connectivity index (χ3v) is 9.97. The number of aryl methyl sites for hydroxylation is 1. The minimum absolute atomic E-state index is 0.00493. The highest BCUT2D eigenvalue weighted by atomic mass is 35.5. The molecule has 0 spiro atoms. The lowest BCUT2D eigenvalue weighted by Gasteiger charge is -2.33. The van der Waals surface area contributed by atoms with E-state index in [-0.39, 0.29) is 40.3 Å². The molecule has 1 fully saturated rings. The van der Waals surface area contributed by atoms with Crippen molar-refractivity contribution in [3.05, 3.63) is 93.0 Å². The fourth-order valence-electron chi connectivity index (χ4n) is 5.33. The van der Waals surface area contributed by atoms with Crippen molar-refractivity contribution in [2.45, 2.75) is 69.5 Å². The van der Waals surface area contributed by atoms with E-state index in [2.05, 4.69) is 5.32 Å². The number of nitrogens with zero attached hydrogens (tertiary/aromatic N) is 3. The maximum atomic E-state index is 14.2. The summed E-state index contributed by atoms with van der Waals surface area (Å²) in [5.74, 6) is -0.531. The van der Waals surface area contributed by atoms with Gasteiger partial charge in [-0.1, -0.05) is 49.1 Å². The Balaban J connectivity index is 1.72. The minimum atomic E-state index is -4.50. The summed E-state index contributed by atoms with van der Waals surface area (Å²) in [6, 6.07) is 15.6. The van der Waals surface area contributed by atoms with Gasteiger partial charge in [0.15, 0.2) is 0 Å². The van der Waals surface area contributed by atoms with E-state index >= 15 is 0 Å². The molecule has 4 rings (SSSR count). The predicted molar refractivity (Wildman–Crippen MR) is 172 cm³/mol. The van der Waals surface area contributed by atoms with Crippen LogP contribution in [0.4, 0.5) is 11.4 Å². The van der Waals surface area contributed by atoms with Crippen LogP contribution in [0.2, 0.25) is 5.02 Å². The molecular weight excluding hydrogens is 620 g/mol. The van der Waals surface area contributed by atoms with Crippen molar-refractivity contribution >= 4 is 44.8 Å². The summed E-state index contributed by atoms with van der Waals surface area (Å²) in [4.78, 5) is 39.6. The van der Waals surface area contributed by atoms with Gasteiger partial charge in [0.05, 0.1) is 22.6 Å². The molecule has 1 N–H and O–H groups in total. The first kappa shape index (κ1) is 33.7. The summed E-state index contributed by atoms with van der Waals surface area (Å²) < 4.78 is 34.3. The van der Waals surface area contributed by atoms with Crippen LogP contribution in [-0.4, -0.2) is 55.8 Å². The molecule has 0 bridgehead atoms. The molecule has 0 saturated heterocycles. The molecule has 45 heavy (non-hydrogen) atoms. The van der Waals surface area contributed by atoms with E-state index in [1.165, 1.54) is 43.2 Å². The number of sulfonamides is 1. The number of nitro benzene ring substituents is 1. The zero-order valence-electron chi connectivity index (χ0n) is 25.4. The van der Waals surface area contributed by atoms with Crippen molar-refractivity contribution in [3.63, 3.8) is 0 Å². The molecule has 0 aliphatic heterocycles. The number of nitrogens with one attached hydrogen (secondary N) is 1. The number of carbonyl (C=O) groups is 2. The Morgan fingerprint density at radius 2 is 1.76 bits per heavy atom. The lowest BCUT2D eigenvalue weighted by molar-refractivity contribution is -0.385. The number of amides is 2. The summed E-state index contributed by atoms with van der Waals surface area (Å²) >= 11 is 6.21. The third kappa shape index (κ3) is 8.31. The molecule has 11 nitrogen and oxygen atoms in total. The number of nitro groups is 1. The first-order valence-electron chi connectivity index (χ1n) is 14.7. The fourth-order valence-corrected chi connectivity index (χ4v) is 6.98. The Bertz CT molecular complexity index is 1640.